The smallest absolute Gasteiger partial charge is 0.341 e. The summed E-state index contributed by atoms with van der Waals surface area (Å²) < 4.78 is 17.2. The molecular formula is C23H25FN4O3. The molecule has 31 heavy (non-hydrogen) atoms. The van der Waals surface area contributed by atoms with Crippen LogP contribution in [-0.4, -0.2) is 41.3 Å². The molecule has 0 amide bonds. The van der Waals surface area contributed by atoms with E-state index in [2.05, 4.69) is 16.3 Å². The summed E-state index contributed by atoms with van der Waals surface area (Å²) in [6.07, 6.45) is 5.74. The largest absolute Gasteiger partial charge is 0.477 e. The molecule has 2 saturated carbocycles. The Morgan fingerprint density at radius 3 is 2.90 bits per heavy atom. The molecule has 2 N–H and O–H groups in total. The van der Waals surface area contributed by atoms with Crippen molar-refractivity contribution in [3.05, 3.63) is 39.4 Å². The zero-order valence-corrected chi connectivity index (χ0v) is 17.4. The van der Waals surface area contributed by atoms with Crippen molar-refractivity contribution in [3.63, 3.8) is 0 Å². The molecule has 162 valence electrons. The molecule has 2 aliphatic carbocycles. The number of rotatable bonds is 6. The number of anilines is 1. The first kappa shape index (κ1) is 20.0. The predicted molar refractivity (Wildman–Crippen MR) is 114 cm³/mol. The molecule has 2 atom stereocenters. The molecule has 7 nitrogen and oxygen atoms in total. The summed E-state index contributed by atoms with van der Waals surface area (Å²) in [5, 5.41) is 21.8. The second-order valence-electron chi connectivity index (χ2n) is 9.20. The highest BCUT2D eigenvalue weighted by atomic mass is 19.1. The van der Waals surface area contributed by atoms with Crippen LogP contribution in [0.15, 0.2) is 17.1 Å². The number of nitriles is 1. The topological polar surface area (TPSA) is 98.4 Å². The highest BCUT2D eigenvalue weighted by Gasteiger charge is 2.57. The SMILES string of the molecule is Cc1c(N2CCC3(CC3NCCC#N)C2)c(F)cc2c(=O)c(C(=O)O)cn(C3CC3)c12. The third-order valence-electron chi connectivity index (χ3n) is 7.17. The Morgan fingerprint density at radius 2 is 2.23 bits per heavy atom. The van der Waals surface area contributed by atoms with E-state index in [-0.39, 0.29) is 22.4 Å². The van der Waals surface area contributed by atoms with Crippen molar-refractivity contribution in [2.75, 3.05) is 24.5 Å². The number of benzene rings is 1. The van der Waals surface area contributed by atoms with E-state index in [1.807, 2.05) is 11.5 Å². The van der Waals surface area contributed by atoms with E-state index in [9.17, 15) is 14.7 Å². The van der Waals surface area contributed by atoms with E-state index < -0.39 is 17.2 Å². The monoisotopic (exact) mass is 424 g/mol. The van der Waals surface area contributed by atoms with E-state index in [0.717, 1.165) is 38.8 Å². The summed E-state index contributed by atoms with van der Waals surface area (Å²) in [4.78, 5) is 26.4. The lowest BCUT2D eigenvalue weighted by atomic mass is 10.0. The zero-order chi connectivity index (χ0) is 21.9. The van der Waals surface area contributed by atoms with Crippen molar-refractivity contribution in [3.8, 4) is 6.07 Å². The van der Waals surface area contributed by atoms with E-state index in [1.165, 1.54) is 12.3 Å². The lowest BCUT2D eigenvalue weighted by Gasteiger charge is -2.24. The third-order valence-corrected chi connectivity index (χ3v) is 7.17. The third kappa shape index (κ3) is 3.19. The van der Waals surface area contributed by atoms with Crippen LogP contribution in [0.2, 0.25) is 0 Å². The molecule has 5 rings (SSSR count). The first-order valence-corrected chi connectivity index (χ1v) is 10.8. The van der Waals surface area contributed by atoms with Crippen LogP contribution in [0.1, 0.15) is 54.1 Å². The van der Waals surface area contributed by atoms with Gasteiger partial charge in [0.25, 0.3) is 0 Å². The summed E-state index contributed by atoms with van der Waals surface area (Å²) in [5.41, 5.74) is 1.04. The van der Waals surface area contributed by atoms with Gasteiger partial charge < -0.3 is 19.9 Å². The lowest BCUT2D eigenvalue weighted by Crippen LogP contribution is -2.28. The molecule has 3 fully saturated rings. The highest BCUT2D eigenvalue weighted by molar-refractivity contribution is 5.95. The minimum absolute atomic E-state index is 0.118. The maximum absolute atomic E-state index is 15.3. The van der Waals surface area contributed by atoms with Gasteiger partial charge in [-0.2, -0.15) is 5.26 Å². The molecule has 0 radical (unpaired) electrons. The number of hydrogen-bond acceptors (Lipinski definition) is 5. The number of carboxylic acids is 1. The van der Waals surface area contributed by atoms with Gasteiger partial charge in [-0.3, -0.25) is 4.79 Å². The maximum atomic E-state index is 15.3. The fraction of sp³-hybridized carbons (Fsp3) is 0.522. The predicted octanol–water partition coefficient (Wildman–Crippen LogP) is 2.95. The van der Waals surface area contributed by atoms with Crippen molar-refractivity contribution in [2.45, 2.75) is 51.1 Å². The van der Waals surface area contributed by atoms with Gasteiger partial charge in [-0.1, -0.05) is 0 Å². The number of nitrogens with zero attached hydrogens (tertiary/aromatic N) is 3. The van der Waals surface area contributed by atoms with Gasteiger partial charge >= 0.3 is 5.97 Å². The van der Waals surface area contributed by atoms with Crippen molar-refractivity contribution in [1.29, 1.82) is 5.26 Å². The van der Waals surface area contributed by atoms with Crippen LogP contribution in [0.3, 0.4) is 0 Å². The highest BCUT2D eigenvalue weighted by Crippen LogP contribution is 2.54. The molecule has 1 saturated heterocycles. The average molecular weight is 424 g/mol. The summed E-state index contributed by atoms with van der Waals surface area (Å²) in [5.74, 6) is -1.76. The minimum Gasteiger partial charge on any atom is -0.477 e. The van der Waals surface area contributed by atoms with Crippen LogP contribution >= 0.6 is 0 Å². The zero-order valence-electron chi connectivity index (χ0n) is 17.4. The van der Waals surface area contributed by atoms with Gasteiger partial charge in [-0.05, 0) is 44.2 Å². The van der Waals surface area contributed by atoms with Crippen LogP contribution in [0, 0.1) is 29.5 Å². The summed E-state index contributed by atoms with van der Waals surface area (Å²) in [7, 11) is 0. The van der Waals surface area contributed by atoms with Crippen LogP contribution in [0.5, 0.6) is 0 Å². The van der Waals surface area contributed by atoms with Gasteiger partial charge in [0.15, 0.2) is 0 Å². The second kappa shape index (κ2) is 7.06. The van der Waals surface area contributed by atoms with Crippen LogP contribution in [0.25, 0.3) is 10.9 Å². The number of nitrogens with one attached hydrogen (secondary N) is 1. The molecular weight excluding hydrogens is 399 g/mol. The van der Waals surface area contributed by atoms with Gasteiger partial charge in [0.05, 0.1) is 17.3 Å². The molecule has 1 aromatic carbocycles. The number of hydrogen-bond donors (Lipinski definition) is 2. The lowest BCUT2D eigenvalue weighted by molar-refractivity contribution is 0.0695. The number of carbonyl (C=O) groups is 1. The number of aromatic carboxylic acids is 1. The molecule has 1 aromatic heterocycles. The molecule has 2 unspecified atom stereocenters. The van der Waals surface area contributed by atoms with Crippen molar-refractivity contribution in [2.24, 2.45) is 5.41 Å². The van der Waals surface area contributed by atoms with Crippen molar-refractivity contribution >= 4 is 22.6 Å². The van der Waals surface area contributed by atoms with E-state index >= 15 is 4.39 Å². The molecule has 1 aliphatic heterocycles. The first-order chi connectivity index (χ1) is 14.9. The fourth-order valence-corrected chi connectivity index (χ4v) is 5.33. The van der Waals surface area contributed by atoms with Gasteiger partial charge in [-0.15, -0.1) is 0 Å². The van der Waals surface area contributed by atoms with E-state index in [1.54, 1.807) is 0 Å². The molecule has 1 spiro atoms. The standard InChI is InChI=1S/C23H25FN4O3/c1-13-19-15(21(29)16(22(30)31)11-28(19)14-3-4-14)9-17(24)20(13)27-8-5-23(12-27)10-18(23)26-7-2-6-25/h9,11,14,18,26H,2-5,7-8,10,12H2,1H3,(H,30,31). The van der Waals surface area contributed by atoms with Gasteiger partial charge in [0.1, 0.15) is 11.4 Å². The molecule has 2 aromatic rings. The normalized spacial score (nSPS) is 24.7. The van der Waals surface area contributed by atoms with Gasteiger partial charge in [-0.25, -0.2) is 9.18 Å². The Morgan fingerprint density at radius 1 is 1.45 bits per heavy atom. The van der Waals surface area contributed by atoms with Crippen LogP contribution in [0.4, 0.5) is 10.1 Å². The Labute approximate surface area is 179 Å². The Bertz CT molecular complexity index is 1200. The summed E-state index contributed by atoms with van der Waals surface area (Å²) >= 11 is 0. The van der Waals surface area contributed by atoms with Crippen molar-refractivity contribution in [1.82, 2.24) is 9.88 Å². The van der Waals surface area contributed by atoms with Crippen LogP contribution in [-0.2, 0) is 0 Å². The number of fused-ring (bicyclic) bond motifs is 1. The molecule has 2 heterocycles. The Hall–Kier alpha value is -2.92. The van der Waals surface area contributed by atoms with E-state index in [4.69, 9.17) is 5.26 Å². The number of carboxylic acid groups (broad SMARTS) is 1. The Balaban J connectivity index is 1.53. The average Bonchev–Trinajstić information content (AvgIpc) is 3.62. The minimum atomic E-state index is -1.28. The molecule has 0 bridgehead atoms. The fourth-order valence-electron chi connectivity index (χ4n) is 5.33. The molecule has 3 aliphatic rings. The first-order valence-electron chi connectivity index (χ1n) is 10.8. The maximum Gasteiger partial charge on any atom is 0.341 e. The quantitative estimate of drug-likeness (QED) is 0.692. The number of pyridine rings is 1. The number of aromatic nitrogens is 1. The summed E-state index contributed by atoms with van der Waals surface area (Å²) in [6.45, 7) is 3.98. The number of halogens is 1. The van der Waals surface area contributed by atoms with Gasteiger partial charge in [0.2, 0.25) is 5.43 Å². The second-order valence-corrected chi connectivity index (χ2v) is 9.20. The van der Waals surface area contributed by atoms with Crippen LogP contribution < -0.4 is 15.6 Å². The molecule has 8 heteroatoms. The number of aryl methyl sites for hydroxylation is 1. The van der Waals surface area contributed by atoms with Gasteiger partial charge in [0, 0.05) is 55.1 Å². The van der Waals surface area contributed by atoms with Crippen molar-refractivity contribution < 1.29 is 14.3 Å². The summed E-state index contributed by atoms with van der Waals surface area (Å²) in [6, 6.07) is 3.88. The Kier molecular flexibility index (Phi) is 4.56. The van der Waals surface area contributed by atoms with E-state index in [0.29, 0.717) is 35.8 Å².